The minimum absolute atomic E-state index is 0.0139. The van der Waals surface area contributed by atoms with Crippen LogP contribution in [0, 0.1) is 6.92 Å². The summed E-state index contributed by atoms with van der Waals surface area (Å²) in [6.45, 7) is 11.6. The second kappa shape index (κ2) is 31.4. The summed E-state index contributed by atoms with van der Waals surface area (Å²) in [4.78, 5) is 65.5. The van der Waals surface area contributed by atoms with Gasteiger partial charge in [-0.15, -0.1) is 0 Å². The van der Waals surface area contributed by atoms with Crippen molar-refractivity contribution in [3.63, 3.8) is 0 Å². The van der Waals surface area contributed by atoms with Gasteiger partial charge in [0.2, 0.25) is 0 Å². The van der Waals surface area contributed by atoms with E-state index in [1.807, 2.05) is 31.2 Å². The van der Waals surface area contributed by atoms with E-state index < -0.39 is 11.9 Å². The van der Waals surface area contributed by atoms with Gasteiger partial charge in [0.25, 0.3) is 0 Å². The number of unbranched alkanes of at least 4 members (excludes halogenated alkanes) is 4. The van der Waals surface area contributed by atoms with Crippen LogP contribution in [0.25, 0.3) is 6.08 Å². The van der Waals surface area contributed by atoms with Crippen molar-refractivity contribution in [2.75, 3.05) is 11.9 Å². The highest BCUT2D eigenvalue weighted by atomic mass is 79.9. The Labute approximate surface area is 379 Å². The maximum Gasteiger partial charge on any atom is 0.335 e. The summed E-state index contributed by atoms with van der Waals surface area (Å²) in [6, 6.07) is 33.1. The van der Waals surface area contributed by atoms with Crippen LogP contribution in [0.1, 0.15) is 146 Å². The Morgan fingerprint density at radius 2 is 0.905 bits per heavy atom. The highest BCUT2D eigenvalue weighted by molar-refractivity contribution is 9.09. The zero-order chi connectivity index (χ0) is 47.2. The predicted octanol–water partition coefficient (Wildman–Crippen LogP) is 12.8. The summed E-state index contributed by atoms with van der Waals surface area (Å²) < 4.78 is 5.53. The number of phenolic OH excluding ortho intramolecular Hbond substituents is 1. The summed E-state index contributed by atoms with van der Waals surface area (Å²) in [5.74, 6) is -0.950. The summed E-state index contributed by atoms with van der Waals surface area (Å²) >= 11 is 3.35. The second-order valence-electron chi connectivity index (χ2n) is 14.1. The van der Waals surface area contributed by atoms with Gasteiger partial charge in [-0.2, -0.15) is 0 Å². The molecule has 63 heavy (non-hydrogen) atoms. The van der Waals surface area contributed by atoms with Crippen molar-refractivity contribution in [1.29, 1.82) is 0 Å². The fourth-order valence-corrected chi connectivity index (χ4v) is 5.34. The number of carbonyl (C=O) groups is 6. The van der Waals surface area contributed by atoms with Crippen LogP contribution >= 0.6 is 15.9 Å². The van der Waals surface area contributed by atoms with E-state index in [9.17, 15) is 28.8 Å². The smallest absolute Gasteiger partial charge is 0.335 e. The Balaban J connectivity index is 0.000000413. The number of rotatable bonds is 16. The minimum atomic E-state index is -0.981. The van der Waals surface area contributed by atoms with Crippen molar-refractivity contribution in [1.82, 2.24) is 0 Å². The number of carboxylic acid groups (broad SMARTS) is 2. The molecule has 0 heterocycles. The molecular weight excluding hydrogens is 864 g/mol. The summed E-state index contributed by atoms with van der Waals surface area (Å²) in [6.07, 6.45) is 10.7. The van der Waals surface area contributed by atoms with Gasteiger partial charge < -0.3 is 20.1 Å². The van der Waals surface area contributed by atoms with Crippen LogP contribution in [0.2, 0.25) is 0 Å². The predicted molar refractivity (Wildman–Crippen MR) is 254 cm³/mol. The van der Waals surface area contributed by atoms with Gasteiger partial charge in [-0.1, -0.05) is 116 Å². The molecule has 0 fully saturated rings. The van der Waals surface area contributed by atoms with Crippen molar-refractivity contribution in [2.24, 2.45) is 0 Å². The molecule has 0 aliphatic carbocycles. The molecule has 11 heteroatoms. The second-order valence-corrected chi connectivity index (χ2v) is 14.9. The quantitative estimate of drug-likeness (QED) is 0.0374. The average Bonchev–Trinajstić information content (AvgIpc) is 3.28. The molecule has 10 nitrogen and oxygen atoms in total. The highest BCUT2D eigenvalue weighted by Crippen LogP contribution is 2.14. The van der Waals surface area contributed by atoms with Crippen molar-refractivity contribution < 1.29 is 48.8 Å². The van der Waals surface area contributed by atoms with Gasteiger partial charge in [0.15, 0.2) is 23.1 Å². The van der Waals surface area contributed by atoms with Crippen molar-refractivity contribution in [3.8, 4) is 11.5 Å². The lowest BCUT2D eigenvalue weighted by molar-refractivity contribution is 0.0686. The Morgan fingerprint density at radius 3 is 1.30 bits per heavy atom. The number of alkyl halides is 1. The third-order valence-electron chi connectivity index (χ3n) is 8.75. The number of aromatic hydroxyl groups is 1. The lowest BCUT2D eigenvalue weighted by atomic mass is 10.1. The van der Waals surface area contributed by atoms with Crippen molar-refractivity contribution >= 4 is 57.1 Å². The summed E-state index contributed by atoms with van der Waals surface area (Å²) in [5.41, 5.74) is 4.83. The number of hydrogen-bond acceptors (Lipinski definition) is 8. The molecule has 0 aliphatic heterocycles. The number of hydrogen-bond donors (Lipinski definition) is 3. The molecule has 0 atom stereocenters. The lowest BCUT2D eigenvalue weighted by Gasteiger charge is -2.05. The normalized spacial score (nSPS) is 9.89. The molecule has 334 valence electrons. The molecule has 0 amide bonds. The molecule has 0 saturated heterocycles. The third kappa shape index (κ3) is 23.9. The SMILES string of the molecule is CC(=O)c1ccc(C(=O)O)cc1.CC(=O)c1ccc(O)cc1.CCCCCBr.CCCCCOc1ccc(C(C)=O)cc1.Cc1ccc(C(=O)/C=C/c2ccc(C(=O)O)cc2)cc1. The van der Waals surface area contributed by atoms with Crippen LogP contribution in [0.15, 0.2) is 127 Å². The number of phenols is 1. The summed E-state index contributed by atoms with van der Waals surface area (Å²) in [7, 11) is 0. The number of ether oxygens (including phenoxy) is 1. The largest absolute Gasteiger partial charge is 0.508 e. The maximum atomic E-state index is 11.9. The van der Waals surface area contributed by atoms with Gasteiger partial charge in [-0.3, -0.25) is 19.2 Å². The molecule has 0 unspecified atom stereocenters. The average molecular weight is 924 g/mol. The monoisotopic (exact) mass is 922 g/mol. The Bertz CT molecular complexity index is 2140. The van der Waals surface area contributed by atoms with E-state index in [0.29, 0.717) is 16.7 Å². The summed E-state index contributed by atoms with van der Waals surface area (Å²) in [5, 5.41) is 27.3. The van der Waals surface area contributed by atoms with E-state index in [1.54, 1.807) is 61.5 Å². The van der Waals surface area contributed by atoms with Gasteiger partial charge >= 0.3 is 11.9 Å². The molecule has 5 rings (SSSR count). The van der Waals surface area contributed by atoms with Crippen LogP contribution in [-0.4, -0.2) is 62.3 Å². The molecule has 0 radical (unpaired) electrons. The lowest BCUT2D eigenvalue weighted by Crippen LogP contribution is -1.97. The van der Waals surface area contributed by atoms with E-state index in [4.69, 9.17) is 20.1 Å². The first-order chi connectivity index (χ1) is 30.0. The fraction of sp³-hybridized carbons (Fsp3) is 0.269. The number of aryl methyl sites for hydroxylation is 1. The first-order valence-electron chi connectivity index (χ1n) is 20.6. The number of benzene rings is 5. The van der Waals surface area contributed by atoms with Crippen LogP contribution in [0.3, 0.4) is 0 Å². The van der Waals surface area contributed by atoms with Gasteiger partial charge in [-0.25, -0.2) is 9.59 Å². The van der Waals surface area contributed by atoms with Crippen molar-refractivity contribution in [3.05, 3.63) is 172 Å². The Morgan fingerprint density at radius 1 is 0.524 bits per heavy atom. The number of halogens is 1. The molecule has 0 bridgehead atoms. The molecule has 0 saturated carbocycles. The molecule has 0 aliphatic rings. The van der Waals surface area contributed by atoms with Gasteiger partial charge in [0, 0.05) is 27.6 Å². The number of aromatic carboxylic acids is 2. The van der Waals surface area contributed by atoms with E-state index in [1.165, 1.54) is 106 Å². The molecule has 5 aromatic rings. The molecular formula is C52H59BrO10. The number of ketones is 4. The molecule has 3 N–H and O–H groups in total. The zero-order valence-corrected chi connectivity index (χ0v) is 38.5. The number of Topliss-reactive ketones (excluding diaryl/α,β-unsaturated/α-hetero) is 3. The van der Waals surface area contributed by atoms with Gasteiger partial charge in [-0.05, 0) is 125 Å². The molecule has 0 aromatic heterocycles. The topological polar surface area (TPSA) is 172 Å². The zero-order valence-electron chi connectivity index (χ0n) is 36.9. The van der Waals surface area contributed by atoms with Crippen LogP contribution in [0.5, 0.6) is 11.5 Å². The van der Waals surface area contributed by atoms with Crippen LogP contribution in [-0.2, 0) is 0 Å². The first kappa shape index (κ1) is 54.6. The van der Waals surface area contributed by atoms with E-state index in [0.717, 1.165) is 35.5 Å². The third-order valence-corrected chi connectivity index (χ3v) is 9.31. The van der Waals surface area contributed by atoms with Gasteiger partial charge in [0.1, 0.15) is 11.5 Å². The Kier molecular flexibility index (Phi) is 27.2. The standard InChI is InChI=1S/C17H14O3.C13H18O2.C9H8O3.C8H8O2.C5H11Br/c1-12-2-7-14(8-3-12)16(18)11-6-13-4-9-15(10-5-13)17(19)20;1-3-4-5-10-15-13-8-6-12(7-9-13)11(2)14;1-6(10)7-2-4-8(5-3-7)9(11)12;1-6(9)7-2-4-8(10)5-3-7;1-2-3-4-5-6/h2-11H,1H3,(H,19,20);6-9H,3-5,10H2,1-2H3;2-5H,1H3,(H,11,12);2-5,10H,1H3;2-5H2,1H3/b11-6+;;;;. The van der Waals surface area contributed by atoms with Crippen LogP contribution < -0.4 is 4.74 Å². The van der Waals surface area contributed by atoms with E-state index >= 15 is 0 Å². The molecule has 0 spiro atoms. The highest BCUT2D eigenvalue weighted by Gasteiger charge is 2.05. The van der Waals surface area contributed by atoms with E-state index in [-0.39, 0.29) is 40.0 Å². The van der Waals surface area contributed by atoms with Gasteiger partial charge in [0.05, 0.1) is 17.7 Å². The Hall–Kier alpha value is -6.46. The molecule has 5 aromatic carbocycles. The number of carbonyl (C=O) groups excluding carboxylic acids is 4. The maximum absolute atomic E-state index is 11.9. The van der Waals surface area contributed by atoms with Crippen molar-refractivity contribution in [2.45, 2.75) is 80.1 Å². The minimum Gasteiger partial charge on any atom is -0.508 e. The number of carboxylic acids is 2. The van der Waals surface area contributed by atoms with Crippen LogP contribution in [0.4, 0.5) is 0 Å². The number of allylic oxidation sites excluding steroid dienone is 1. The fourth-order valence-electron chi connectivity index (χ4n) is 4.94. The first-order valence-corrected chi connectivity index (χ1v) is 21.7. The van der Waals surface area contributed by atoms with E-state index in [2.05, 4.69) is 29.8 Å².